The predicted octanol–water partition coefficient (Wildman–Crippen LogP) is 2.99. The lowest BCUT2D eigenvalue weighted by Gasteiger charge is -2.21. The highest BCUT2D eigenvalue weighted by Gasteiger charge is 2.09. The molecule has 0 aliphatic heterocycles. The van der Waals surface area contributed by atoms with Crippen LogP contribution in [0.5, 0.6) is 0 Å². The van der Waals surface area contributed by atoms with Crippen molar-refractivity contribution in [2.24, 2.45) is 11.7 Å². The largest absolute Gasteiger partial charge is 0.351 e. The van der Waals surface area contributed by atoms with Crippen LogP contribution in [0, 0.1) is 5.92 Å². The van der Waals surface area contributed by atoms with Crippen molar-refractivity contribution in [3.8, 4) is 0 Å². The monoisotopic (exact) mass is 214 g/mol. The molecule has 15 heavy (non-hydrogen) atoms. The molecule has 0 aliphatic rings. The molecule has 0 aromatic heterocycles. The van der Waals surface area contributed by atoms with Crippen molar-refractivity contribution in [2.75, 3.05) is 13.1 Å². The second-order valence-corrected chi connectivity index (χ2v) is 4.57. The summed E-state index contributed by atoms with van der Waals surface area (Å²) in [5.41, 5.74) is 5.32. The maximum atomic E-state index is 11.1. The number of carbonyl (C=O) groups is 1. The molecule has 0 radical (unpaired) electrons. The molecule has 0 atom stereocenters. The summed E-state index contributed by atoms with van der Waals surface area (Å²) in [6.07, 6.45) is 5.78. The molecule has 0 spiro atoms. The van der Waals surface area contributed by atoms with Gasteiger partial charge in [0.2, 0.25) is 0 Å². The van der Waals surface area contributed by atoms with E-state index in [9.17, 15) is 4.79 Å². The zero-order valence-corrected chi connectivity index (χ0v) is 10.5. The molecule has 0 rings (SSSR count). The normalized spacial score (nSPS) is 10.7. The third kappa shape index (κ3) is 8.28. The van der Waals surface area contributed by atoms with Crippen molar-refractivity contribution < 1.29 is 4.79 Å². The Balaban J connectivity index is 3.69. The summed E-state index contributed by atoms with van der Waals surface area (Å²) < 4.78 is 0. The second-order valence-electron chi connectivity index (χ2n) is 4.57. The highest BCUT2D eigenvalue weighted by Crippen LogP contribution is 2.05. The van der Waals surface area contributed by atoms with Crippen LogP contribution < -0.4 is 5.73 Å². The lowest BCUT2D eigenvalue weighted by atomic mass is 10.1. The van der Waals surface area contributed by atoms with Gasteiger partial charge < -0.3 is 10.6 Å². The van der Waals surface area contributed by atoms with Gasteiger partial charge in [0.05, 0.1) is 0 Å². The van der Waals surface area contributed by atoms with Crippen LogP contribution in [0.3, 0.4) is 0 Å². The van der Waals surface area contributed by atoms with Crippen LogP contribution in [0.2, 0.25) is 0 Å². The summed E-state index contributed by atoms with van der Waals surface area (Å²) in [5, 5.41) is 0. The average Bonchev–Trinajstić information content (AvgIpc) is 2.15. The van der Waals surface area contributed by atoms with E-state index in [1.165, 1.54) is 19.3 Å². The van der Waals surface area contributed by atoms with Crippen LogP contribution in [-0.2, 0) is 0 Å². The zero-order chi connectivity index (χ0) is 11.7. The molecule has 0 unspecified atom stereocenters. The van der Waals surface area contributed by atoms with Gasteiger partial charge in [-0.25, -0.2) is 4.79 Å². The molecule has 3 heteroatoms. The third-order valence-electron chi connectivity index (χ3n) is 2.57. The van der Waals surface area contributed by atoms with E-state index >= 15 is 0 Å². The lowest BCUT2D eigenvalue weighted by molar-refractivity contribution is 0.203. The van der Waals surface area contributed by atoms with E-state index in [0.29, 0.717) is 5.92 Å². The molecule has 0 saturated carbocycles. The Morgan fingerprint density at radius 3 is 2.33 bits per heavy atom. The standard InChI is InChI=1S/C12H26N2O/c1-4-5-6-7-9-14(12(13)15)10-8-11(2)3/h11H,4-10H2,1-3H3,(H2,13,15). The number of hydrogen-bond donors (Lipinski definition) is 1. The van der Waals surface area contributed by atoms with Gasteiger partial charge in [-0.2, -0.15) is 0 Å². The van der Waals surface area contributed by atoms with Crippen molar-refractivity contribution in [1.82, 2.24) is 4.90 Å². The summed E-state index contributed by atoms with van der Waals surface area (Å²) in [4.78, 5) is 12.9. The summed E-state index contributed by atoms with van der Waals surface area (Å²) >= 11 is 0. The molecule has 90 valence electrons. The summed E-state index contributed by atoms with van der Waals surface area (Å²) in [6, 6.07) is -0.271. The summed E-state index contributed by atoms with van der Waals surface area (Å²) in [7, 11) is 0. The van der Waals surface area contributed by atoms with Crippen molar-refractivity contribution in [3.63, 3.8) is 0 Å². The smallest absolute Gasteiger partial charge is 0.314 e. The first-order chi connectivity index (χ1) is 7.07. The Kier molecular flexibility index (Phi) is 8.15. The average molecular weight is 214 g/mol. The van der Waals surface area contributed by atoms with Crippen molar-refractivity contribution >= 4 is 6.03 Å². The Hall–Kier alpha value is -0.730. The minimum atomic E-state index is -0.271. The molecule has 2 amide bonds. The lowest BCUT2D eigenvalue weighted by Crippen LogP contribution is -2.37. The Morgan fingerprint density at radius 1 is 1.20 bits per heavy atom. The minimum absolute atomic E-state index is 0.271. The van der Waals surface area contributed by atoms with Crippen molar-refractivity contribution in [2.45, 2.75) is 52.9 Å². The summed E-state index contributed by atoms with van der Waals surface area (Å²) in [5.74, 6) is 0.627. The number of unbranched alkanes of at least 4 members (excludes halogenated alkanes) is 3. The number of nitrogens with zero attached hydrogens (tertiary/aromatic N) is 1. The van der Waals surface area contributed by atoms with E-state index in [1.54, 1.807) is 4.90 Å². The van der Waals surface area contributed by atoms with Gasteiger partial charge in [0, 0.05) is 13.1 Å². The molecule has 0 aromatic carbocycles. The molecule has 2 N–H and O–H groups in total. The number of hydrogen-bond acceptors (Lipinski definition) is 1. The number of carbonyl (C=O) groups excluding carboxylic acids is 1. The molecular formula is C12H26N2O. The maximum Gasteiger partial charge on any atom is 0.314 e. The van der Waals surface area contributed by atoms with Gasteiger partial charge in [-0.05, 0) is 18.8 Å². The first-order valence-electron chi connectivity index (χ1n) is 6.12. The van der Waals surface area contributed by atoms with Crippen LogP contribution in [0.15, 0.2) is 0 Å². The quantitative estimate of drug-likeness (QED) is 0.620. The van der Waals surface area contributed by atoms with Gasteiger partial charge in [0.15, 0.2) is 0 Å². The van der Waals surface area contributed by atoms with E-state index in [-0.39, 0.29) is 6.03 Å². The fraction of sp³-hybridized carbons (Fsp3) is 0.917. The van der Waals surface area contributed by atoms with Crippen molar-refractivity contribution in [1.29, 1.82) is 0 Å². The van der Waals surface area contributed by atoms with Gasteiger partial charge in [-0.1, -0.05) is 40.0 Å². The van der Waals surface area contributed by atoms with Crippen LogP contribution in [-0.4, -0.2) is 24.0 Å². The topological polar surface area (TPSA) is 46.3 Å². The number of primary amides is 1. The van der Waals surface area contributed by atoms with E-state index in [0.717, 1.165) is 25.9 Å². The zero-order valence-electron chi connectivity index (χ0n) is 10.5. The van der Waals surface area contributed by atoms with Gasteiger partial charge in [-0.3, -0.25) is 0 Å². The van der Waals surface area contributed by atoms with Gasteiger partial charge in [0.25, 0.3) is 0 Å². The number of rotatable bonds is 8. The minimum Gasteiger partial charge on any atom is -0.351 e. The Bertz CT molecular complexity index is 169. The van der Waals surface area contributed by atoms with E-state index < -0.39 is 0 Å². The van der Waals surface area contributed by atoms with E-state index in [1.807, 2.05) is 0 Å². The molecule has 0 fully saturated rings. The van der Waals surface area contributed by atoms with E-state index in [2.05, 4.69) is 20.8 Å². The Labute approximate surface area is 94.0 Å². The Morgan fingerprint density at radius 2 is 1.87 bits per heavy atom. The maximum absolute atomic E-state index is 11.1. The first-order valence-corrected chi connectivity index (χ1v) is 6.12. The molecule has 0 aromatic rings. The van der Waals surface area contributed by atoms with Gasteiger partial charge >= 0.3 is 6.03 Å². The highest BCUT2D eigenvalue weighted by molar-refractivity contribution is 5.71. The molecule has 0 bridgehead atoms. The molecule has 0 heterocycles. The summed E-state index contributed by atoms with van der Waals surface area (Å²) in [6.45, 7) is 8.14. The van der Waals surface area contributed by atoms with Crippen LogP contribution in [0.4, 0.5) is 4.79 Å². The van der Waals surface area contributed by atoms with Crippen molar-refractivity contribution in [3.05, 3.63) is 0 Å². The fourth-order valence-corrected chi connectivity index (χ4v) is 1.48. The molecule has 3 nitrogen and oxygen atoms in total. The number of urea groups is 1. The second kappa shape index (κ2) is 8.57. The molecular weight excluding hydrogens is 188 g/mol. The molecule has 0 aliphatic carbocycles. The SMILES string of the molecule is CCCCCCN(CCC(C)C)C(N)=O. The van der Waals surface area contributed by atoms with E-state index in [4.69, 9.17) is 5.73 Å². The number of amides is 2. The van der Waals surface area contributed by atoms with Crippen LogP contribution in [0.25, 0.3) is 0 Å². The van der Waals surface area contributed by atoms with Crippen LogP contribution in [0.1, 0.15) is 52.9 Å². The first kappa shape index (κ1) is 14.3. The van der Waals surface area contributed by atoms with Gasteiger partial charge in [0.1, 0.15) is 0 Å². The highest BCUT2D eigenvalue weighted by atomic mass is 16.2. The van der Waals surface area contributed by atoms with Crippen LogP contribution >= 0.6 is 0 Å². The molecule has 0 saturated heterocycles. The predicted molar refractivity (Wildman–Crippen MR) is 64.8 cm³/mol. The number of nitrogens with two attached hydrogens (primary N) is 1. The third-order valence-corrected chi connectivity index (χ3v) is 2.57. The van der Waals surface area contributed by atoms with Gasteiger partial charge in [-0.15, -0.1) is 0 Å². The fourth-order valence-electron chi connectivity index (χ4n) is 1.48.